The molecule has 0 saturated heterocycles. The lowest BCUT2D eigenvalue weighted by Crippen LogP contribution is -2.18. The third-order valence-electron chi connectivity index (χ3n) is 4.54. The number of ether oxygens (including phenoxy) is 1. The summed E-state index contributed by atoms with van der Waals surface area (Å²) >= 11 is 0. The molecule has 4 heteroatoms. The average Bonchev–Trinajstić information content (AvgIpc) is 2.59. The molecule has 1 atom stereocenters. The van der Waals surface area contributed by atoms with E-state index in [0.717, 1.165) is 30.5 Å². The number of allylic oxidation sites excluding steroid dienone is 2. The monoisotopic (exact) mass is 339 g/mol. The second-order valence-electron chi connectivity index (χ2n) is 6.23. The van der Waals surface area contributed by atoms with Crippen LogP contribution in [0.5, 0.6) is 0 Å². The van der Waals surface area contributed by atoms with Crippen molar-refractivity contribution in [3.63, 3.8) is 0 Å². The summed E-state index contributed by atoms with van der Waals surface area (Å²) < 4.78 is 18.3. The minimum atomic E-state index is -0.330. The van der Waals surface area contributed by atoms with Gasteiger partial charge in [-0.2, -0.15) is 0 Å². The molecule has 0 aromatic heterocycles. The molecule has 0 fully saturated rings. The van der Waals surface area contributed by atoms with E-state index in [9.17, 15) is 9.18 Å². The Morgan fingerprint density at radius 3 is 2.64 bits per heavy atom. The largest absolute Gasteiger partial charge is 0.465 e. The highest BCUT2D eigenvalue weighted by atomic mass is 19.1. The maximum Gasteiger partial charge on any atom is 0.337 e. The summed E-state index contributed by atoms with van der Waals surface area (Å²) in [6.07, 6.45) is 6.15. The average molecular weight is 339 g/mol. The summed E-state index contributed by atoms with van der Waals surface area (Å²) in [5.74, 6) is -0.0786. The summed E-state index contributed by atoms with van der Waals surface area (Å²) in [4.78, 5) is 11.4. The molecule has 3 nitrogen and oxygen atoms in total. The van der Waals surface area contributed by atoms with Gasteiger partial charge in [0.25, 0.3) is 0 Å². The molecule has 0 aliphatic heterocycles. The van der Waals surface area contributed by atoms with Gasteiger partial charge in [-0.05, 0) is 60.3 Å². The number of carbonyl (C=O) groups excluding carboxylic acids is 1. The molecule has 2 aromatic carbocycles. The van der Waals surface area contributed by atoms with Gasteiger partial charge in [0.2, 0.25) is 0 Å². The van der Waals surface area contributed by atoms with E-state index in [1.807, 2.05) is 18.2 Å². The van der Waals surface area contributed by atoms with Gasteiger partial charge in [0.15, 0.2) is 0 Å². The van der Waals surface area contributed by atoms with Gasteiger partial charge in [-0.15, -0.1) is 0 Å². The first-order valence-corrected chi connectivity index (χ1v) is 8.50. The van der Waals surface area contributed by atoms with Crippen molar-refractivity contribution < 1.29 is 13.9 Å². The SMILES string of the molecule is COC(=O)c1ccc(CNCCc2cc(F)ccc2C2C=CC2)cc1. The van der Waals surface area contributed by atoms with Crippen molar-refractivity contribution in [3.05, 3.63) is 82.7 Å². The number of rotatable bonds is 7. The Labute approximate surface area is 147 Å². The van der Waals surface area contributed by atoms with E-state index in [1.54, 1.807) is 24.3 Å². The van der Waals surface area contributed by atoms with Crippen LogP contribution in [0.25, 0.3) is 0 Å². The number of carbonyl (C=O) groups is 1. The molecule has 1 N–H and O–H groups in total. The van der Waals surface area contributed by atoms with Gasteiger partial charge in [0.1, 0.15) is 5.82 Å². The van der Waals surface area contributed by atoms with Crippen LogP contribution in [0.15, 0.2) is 54.6 Å². The van der Waals surface area contributed by atoms with E-state index in [1.165, 1.54) is 12.7 Å². The zero-order valence-electron chi connectivity index (χ0n) is 14.3. The Hall–Kier alpha value is -2.46. The van der Waals surface area contributed by atoms with Crippen molar-refractivity contribution in [1.29, 1.82) is 0 Å². The van der Waals surface area contributed by atoms with Crippen molar-refractivity contribution in [2.75, 3.05) is 13.7 Å². The lowest BCUT2D eigenvalue weighted by molar-refractivity contribution is 0.0600. The molecule has 1 unspecified atom stereocenters. The number of nitrogens with one attached hydrogen (secondary N) is 1. The zero-order chi connectivity index (χ0) is 17.6. The number of hydrogen-bond acceptors (Lipinski definition) is 3. The van der Waals surface area contributed by atoms with Crippen LogP contribution >= 0.6 is 0 Å². The van der Waals surface area contributed by atoms with Crippen molar-refractivity contribution in [2.24, 2.45) is 0 Å². The number of esters is 1. The topological polar surface area (TPSA) is 38.3 Å². The summed E-state index contributed by atoms with van der Waals surface area (Å²) in [5.41, 5.74) is 3.94. The summed E-state index contributed by atoms with van der Waals surface area (Å²) in [5, 5.41) is 3.38. The molecule has 1 aliphatic rings. The van der Waals surface area contributed by atoms with Crippen LogP contribution in [-0.2, 0) is 17.7 Å². The third kappa shape index (κ3) is 4.34. The van der Waals surface area contributed by atoms with Crippen molar-refractivity contribution in [3.8, 4) is 0 Å². The highest BCUT2D eigenvalue weighted by molar-refractivity contribution is 5.89. The quantitative estimate of drug-likeness (QED) is 0.471. The van der Waals surface area contributed by atoms with Crippen LogP contribution in [0.3, 0.4) is 0 Å². The molecular weight excluding hydrogens is 317 g/mol. The standard InChI is InChI=1S/C21H22FNO2/c1-25-21(24)17-7-5-15(6-8-17)14-23-12-11-18-13-19(22)9-10-20(18)16-3-2-4-16/h2-3,5-10,13,16,23H,4,11-12,14H2,1H3. The fraction of sp³-hybridized carbons (Fsp3) is 0.286. The lowest BCUT2D eigenvalue weighted by Gasteiger charge is -2.21. The Balaban J connectivity index is 1.52. The normalized spacial score (nSPS) is 15.7. The highest BCUT2D eigenvalue weighted by Crippen LogP contribution is 2.31. The van der Waals surface area contributed by atoms with E-state index in [0.29, 0.717) is 18.0 Å². The molecule has 1 aliphatic carbocycles. The van der Waals surface area contributed by atoms with Crippen molar-refractivity contribution in [2.45, 2.75) is 25.3 Å². The molecule has 130 valence electrons. The Morgan fingerprint density at radius 1 is 1.24 bits per heavy atom. The van der Waals surface area contributed by atoms with Crippen LogP contribution in [0, 0.1) is 5.82 Å². The maximum absolute atomic E-state index is 13.6. The molecule has 0 saturated carbocycles. The molecule has 0 amide bonds. The molecule has 0 radical (unpaired) electrons. The van der Waals surface area contributed by atoms with Crippen LogP contribution < -0.4 is 5.32 Å². The van der Waals surface area contributed by atoms with E-state index in [4.69, 9.17) is 0 Å². The minimum Gasteiger partial charge on any atom is -0.465 e. The van der Waals surface area contributed by atoms with E-state index in [2.05, 4.69) is 22.2 Å². The second-order valence-corrected chi connectivity index (χ2v) is 6.23. The van der Waals surface area contributed by atoms with Crippen molar-refractivity contribution >= 4 is 5.97 Å². The summed E-state index contributed by atoms with van der Waals surface area (Å²) in [7, 11) is 1.37. The van der Waals surface area contributed by atoms with Crippen LogP contribution in [0.2, 0.25) is 0 Å². The Morgan fingerprint density at radius 2 is 2.00 bits per heavy atom. The molecule has 3 rings (SSSR count). The van der Waals surface area contributed by atoms with Crippen molar-refractivity contribution in [1.82, 2.24) is 5.32 Å². The summed E-state index contributed by atoms with van der Waals surface area (Å²) in [6.45, 7) is 1.47. The molecule has 0 heterocycles. The third-order valence-corrected chi connectivity index (χ3v) is 4.54. The zero-order valence-corrected chi connectivity index (χ0v) is 14.3. The second kappa shape index (κ2) is 8.08. The van der Waals surface area contributed by atoms with Gasteiger partial charge < -0.3 is 10.1 Å². The van der Waals surface area contributed by atoms with Gasteiger partial charge in [-0.25, -0.2) is 9.18 Å². The van der Waals surface area contributed by atoms with Crippen LogP contribution in [0.1, 0.15) is 39.4 Å². The predicted molar refractivity (Wildman–Crippen MR) is 96.1 cm³/mol. The number of hydrogen-bond donors (Lipinski definition) is 1. The Kier molecular flexibility index (Phi) is 5.61. The van der Waals surface area contributed by atoms with E-state index < -0.39 is 0 Å². The maximum atomic E-state index is 13.6. The smallest absolute Gasteiger partial charge is 0.337 e. The fourth-order valence-electron chi connectivity index (χ4n) is 2.99. The number of halogens is 1. The van der Waals surface area contributed by atoms with Crippen LogP contribution in [0.4, 0.5) is 4.39 Å². The minimum absolute atomic E-state index is 0.180. The molecule has 2 aromatic rings. The summed E-state index contributed by atoms with van der Waals surface area (Å²) in [6, 6.07) is 12.4. The Bertz CT molecular complexity index is 768. The molecular formula is C21H22FNO2. The number of benzene rings is 2. The first kappa shape index (κ1) is 17.4. The first-order chi connectivity index (χ1) is 12.2. The predicted octanol–water partition coefficient (Wildman–Crippen LogP) is 3.99. The number of methoxy groups -OCH3 is 1. The van der Waals surface area contributed by atoms with Gasteiger partial charge in [0, 0.05) is 12.5 Å². The van der Waals surface area contributed by atoms with Gasteiger partial charge in [-0.1, -0.05) is 30.4 Å². The van der Waals surface area contributed by atoms with Gasteiger partial charge >= 0.3 is 5.97 Å². The first-order valence-electron chi connectivity index (χ1n) is 8.50. The highest BCUT2D eigenvalue weighted by Gasteiger charge is 2.16. The molecule has 25 heavy (non-hydrogen) atoms. The van der Waals surface area contributed by atoms with E-state index >= 15 is 0 Å². The lowest BCUT2D eigenvalue weighted by atomic mass is 9.84. The van der Waals surface area contributed by atoms with Gasteiger partial charge in [0.05, 0.1) is 12.7 Å². The van der Waals surface area contributed by atoms with E-state index in [-0.39, 0.29) is 11.8 Å². The van der Waals surface area contributed by atoms with Crippen LogP contribution in [-0.4, -0.2) is 19.6 Å². The fourth-order valence-corrected chi connectivity index (χ4v) is 2.99. The molecule has 0 spiro atoms. The molecule has 0 bridgehead atoms. The van der Waals surface area contributed by atoms with Gasteiger partial charge in [-0.3, -0.25) is 0 Å².